The molecular weight excluding hydrogens is 276 g/mol. The molecule has 2 rings (SSSR count). The van der Waals surface area contributed by atoms with E-state index in [0.717, 1.165) is 10.6 Å². The van der Waals surface area contributed by atoms with Crippen LogP contribution in [0.1, 0.15) is 12.5 Å². The lowest BCUT2D eigenvalue weighted by atomic mass is 10.1. The van der Waals surface area contributed by atoms with E-state index in [-0.39, 0.29) is 12.3 Å². The molecule has 1 fully saturated rings. The Balaban J connectivity index is 1.96. The van der Waals surface area contributed by atoms with Gasteiger partial charge in [0.2, 0.25) is 12.1 Å². The number of carbonyl (C=O) groups excluding carboxylic acids is 3. The second kappa shape index (κ2) is 6.36. The average molecular weight is 292 g/mol. The molecule has 1 N–H and O–H groups in total. The van der Waals surface area contributed by atoms with E-state index in [2.05, 4.69) is 5.43 Å². The van der Waals surface area contributed by atoms with Crippen molar-refractivity contribution in [3.8, 4) is 0 Å². The number of carbonyl (C=O) groups is 3. The SMILES string of the molecule is COC1C(=O)N(NC(=O)Cc2ccccc2)C1OC(C)=O. The minimum absolute atomic E-state index is 0.120. The Hall–Kier alpha value is -2.41. The van der Waals surface area contributed by atoms with Crippen LogP contribution in [0.5, 0.6) is 0 Å². The number of methoxy groups -OCH3 is 1. The fraction of sp³-hybridized carbons (Fsp3) is 0.357. The van der Waals surface area contributed by atoms with Gasteiger partial charge in [-0.05, 0) is 5.56 Å². The lowest BCUT2D eigenvalue weighted by molar-refractivity contribution is -0.224. The number of esters is 1. The molecule has 7 heteroatoms. The summed E-state index contributed by atoms with van der Waals surface area (Å²) in [7, 11) is 1.34. The standard InChI is InChI=1S/C14H16N2O5/c1-9(17)21-14-12(20-2)13(19)16(14)15-11(18)8-10-6-4-3-5-7-10/h3-7,12,14H,8H2,1-2H3,(H,15,18). The van der Waals surface area contributed by atoms with Crippen molar-refractivity contribution in [2.24, 2.45) is 0 Å². The topological polar surface area (TPSA) is 84.9 Å². The molecule has 2 unspecified atom stereocenters. The number of rotatable bonds is 5. The number of benzene rings is 1. The zero-order chi connectivity index (χ0) is 15.4. The van der Waals surface area contributed by atoms with Gasteiger partial charge in [-0.2, -0.15) is 0 Å². The van der Waals surface area contributed by atoms with Crippen molar-refractivity contribution in [2.45, 2.75) is 25.7 Å². The smallest absolute Gasteiger partial charge is 0.304 e. The summed E-state index contributed by atoms with van der Waals surface area (Å²) >= 11 is 0. The zero-order valence-electron chi connectivity index (χ0n) is 11.7. The number of hydrogen-bond donors (Lipinski definition) is 1. The first-order chi connectivity index (χ1) is 10.0. The molecule has 2 amide bonds. The van der Waals surface area contributed by atoms with Gasteiger partial charge in [-0.3, -0.25) is 19.8 Å². The highest BCUT2D eigenvalue weighted by Gasteiger charge is 2.51. The highest BCUT2D eigenvalue weighted by molar-refractivity contribution is 5.91. The van der Waals surface area contributed by atoms with E-state index in [9.17, 15) is 14.4 Å². The van der Waals surface area contributed by atoms with Crippen LogP contribution in [0.2, 0.25) is 0 Å². The van der Waals surface area contributed by atoms with Gasteiger partial charge in [0.1, 0.15) is 0 Å². The van der Waals surface area contributed by atoms with Crippen LogP contribution in [0.4, 0.5) is 0 Å². The van der Waals surface area contributed by atoms with Crippen LogP contribution in [-0.2, 0) is 30.3 Å². The molecule has 0 aliphatic carbocycles. The number of nitrogens with zero attached hydrogens (tertiary/aromatic N) is 1. The minimum Gasteiger partial charge on any atom is -0.436 e. The lowest BCUT2D eigenvalue weighted by Gasteiger charge is -2.43. The van der Waals surface area contributed by atoms with Crippen LogP contribution in [0.25, 0.3) is 0 Å². The first-order valence-corrected chi connectivity index (χ1v) is 6.39. The van der Waals surface area contributed by atoms with Crippen LogP contribution in [0, 0.1) is 0 Å². The molecule has 1 aliphatic rings. The van der Waals surface area contributed by atoms with Gasteiger partial charge in [-0.1, -0.05) is 30.3 Å². The summed E-state index contributed by atoms with van der Waals surface area (Å²) in [6.07, 6.45) is -1.69. The summed E-state index contributed by atoms with van der Waals surface area (Å²) in [5, 5.41) is 0.973. The van der Waals surface area contributed by atoms with Gasteiger partial charge in [-0.25, -0.2) is 5.01 Å². The van der Waals surface area contributed by atoms with Crippen molar-refractivity contribution in [3.63, 3.8) is 0 Å². The molecule has 112 valence electrons. The van der Waals surface area contributed by atoms with Gasteiger partial charge >= 0.3 is 5.97 Å². The largest absolute Gasteiger partial charge is 0.436 e. The molecule has 0 aromatic heterocycles. The highest BCUT2D eigenvalue weighted by Crippen LogP contribution is 2.21. The van der Waals surface area contributed by atoms with E-state index in [1.54, 1.807) is 12.1 Å². The third kappa shape index (κ3) is 3.38. The molecule has 1 heterocycles. The summed E-state index contributed by atoms with van der Waals surface area (Å²) in [5.41, 5.74) is 3.24. The summed E-state index contributed by atoms with van der Waals surface area (Å²) in [4.78, 5) is 34.7. The first-order valence-electron chi connectivity index (χ1n) is 6.39. The molecule has 1 aliphatic heterocycles. The van der Waals surface area contributed by atoms with Gasteiger partial charge < -0.3 is 9.47 Å². The van der Waals surface area contributed by atoms with Crippen molar-refractivity contribution in [1.82, 2.24) is 10.4 Å². The van der Waals surface area contributed by atoms with Crippen molar-refractivity contribution in [2.75, 3.05) is 7.11 Å². The predicted octanol–water partition coefficient (Wildman–Crippen LogP) is 0.00670. The van der Waals surface area contributed by atoms with Crippen molar-refractivity contribution >= 4 is 17.8 Å². The van der Waals surface area contributed by atoms with Gasteiger partial charge in [0, 0.05) is 14.0 Å². The van der Waals surface area contributed by atoms with E-state index >= 15 is 0 Å². The van der Waals surface area contributed by atoms with Crippen molar-refractivity contribution in [1.29, 1.82) is 0 Å². The summed E-state index contributed by atoms with van der Waals surface area (Å²) in [6.45, 7) is 1.22. The third-order valence-corrected chi connectivity index (χ3v) is 2.99. The Morgan fingerprint density at radius 3 is 2.52 bits per heavy atom. The fourth-order valence-electron chi connectivity index (χ4n) is 2.01. The van der Waals surface area contributed by atoms with Crippen LogP contribution in [-0.4, -0.2) is 42.2 Å². The second-order valence-corrected chi connectivity index (χ2v) is 4.56. The Morgan fingerprint density at radius 2 is 1.95 bits per heavy atom. The zero-order valence-corrected chi connectivity index (χ0v) is 11.7. The van der Waals surface area contributed by atoms with Crippen LogP contribution in [0.3, 0.4) is 0 Å². The maximum absolute atomic E-state index is 11.9. The van der Waals surface area contributed by atoms with Crippen molar-refractivity contribution < 1.29 is 23.9 Å². The third-order valence-electron chi connectivity index (χ3n) is 2.99. The fourth-order valence-corrected chi connectivity index (χ4v) is 2.01. The number of hydrogen-bond acceptors (Lipinski definition) is 5. The molecule has 2 atom stereocenters. The quantitative estimate of drug-likeness (QED) is 0.610. The summed E-state index contributed by atoms with van der Waals surface area (Å²) in [5.74, 6) is -1.39. The monoisotopic (exact) mass is 292 g/mol. The number of hydrazine groups is 1. The first kappa shape index (κ1) is 15.0. The van der Waals surface area contributed by atoms with Crippen LogP contribution in [0.15, 0.2) is 30.3 Å². The van der Waals surface area contributed by atoms with Gasteiger partial charge in [0.05, 0.1) is 6.42 Å². The minimum atomic E-state index is -0.931. The molecule has 7 nitrogen and oxygen atoms in total. The Morgan fingerprint density at radius 1 is 1.29 bits per heavy atom. The van der Waals surface area contributed by atoms with Gasteiger partial charge in [-0.15, -0.1) is 0 Å². The average Bonchev–Trinajstić information content (AvgIpc) is 2.45. The Kier molecular flexibility index (Phi) is 4.54. The Bertz CT molecular complexity index is 546. The molecule has 0 spiro atoms. The molecule has 1 aromatic rings. The lowest BCUT2D eigenvalue weighted by Crippen LogP contribution is -2.72. The predicted molar refractivity (Wildman–Crippen MR) is 71.5 cm³/mol. The summed E-state index contributed by atoms with van der Waals surface area (Å²) in [6, 6.07) is 9.10. The van der Waals surface area contributed by atoms with Gasteiger partial charge in [0.15, 0.2) is 6.10 Å². The van der Waals surface area contributed by atoms with E-state index in [4.69, 9.17) is 9.47 Å². The van der Waals surface area contributed by atoms with E-state index in [1.165, 1.54) is 14.0 Å². The molecule has 0 radical (unpaired) electrons. The number of β-lactam (4-membered cyclic amide) rings is 1. The molecule has 1 aromatic carbocycles. The van der Waals surface area contributed by atoms with Gasteiger partial charge in [0.25, 0.3) is 5.91 Å². The molecule has 1 saturated heterocycles. The number of nitrogens with one attached hydrogen (secondary N) is 1. The normalized spacial score (nSPS) is 20.7. The highest BCUT2D eigenvalue weighted by atomic mass is 16.6. The molecule has 21 heavy (non-hydrogen) atoms. The maximum Gasteiger partial charge on any atom is 0.304 e. The molecular formula is C14H16N2O5. The number of amides is 2. The Labute approximate surface area is 121 Å². The van der Waals surface area contributed by atoms with Crippen molar-refractivity contribution in [3.05, 3.63) is 35.9 Å². The number of ether oxygens (including phenoxy) is 2. The maximum atomic E-state index is 11.9. The molecule has 0 bridgehead atoms. The van der Waals surface area contributed by atoms with E-state index in [0.29, 0.717) is 0 Å². The second-order valence-electron chi connectivity index (χ2n) is 4.56. The van der Waals surface area contributed by atoms with Crippen LogP contribution >= 0.6 is 0 Å². The molecule has 0 saturated carbocycles. The summed E-state index contributed by atoms with van der Waals surface area (Å²) < 4.78 is 9.87. The van der Waals surface area contributed by atoms with E-state index < -0.39 is 24.2 Å². The van der Waals surface area contributed by atoms with Crippen LogP contribution < -0.4 is 5.43 Å². The van der Waals surface area contributed by atoms with E-state index in [1.807, 2.05) is 18.2 Å².